The maximum Gasteiger partial charge on any atom is 0.225 e. The van der Waals surface area contributed by atoms with Crippen molar-refractivity contribution in [1.29, 1.82) is 0 Å². The highest BCUT2D eigenvalue weighted by molar-refractivity contribution is 5.90. The Hall–Kier alpha value is -2.37. The van der Waals surface area contributed by atoms with Crippen LogP contribution in [0.3, 0.4) is 0 Å². The molecule has 0 bridgehead atoms. The number of hydrogen-bond acceptors (Lipinski definition) is 4. The highest BCUT2D eigenvalue weighted by Crippen LogP contribution is 2.18. The van der Waals surface area contributed by atoms with Crippen LogP contribution in [0, 0.1) is 0 Å². The van der Waals surface area contributed by atoms with E-state index in [1.807, 2.05) is 61.5 Å². The monoisotopic (exact) mass is 328 g/mol. The van der Waals surface area contributed by atoms with Gasteiger partial charge in [0.05, 0.1) is 6.61 Å². The zero-order chi connectivity index (χ0) is 17.2. The smallest absolute Gasteiger partial charge is 0.225 e. The number of anilines is 1. The molecule has 2 aromatic carbocycles. The number of benzene rings is 2. The summed E-state index contributed by atoms with van der Waals surface area (Å²) < 4.78 is 5.51. The molecule has 24 heavy (non-hydrogen) atoms. The van der Waals surface area contributed by atoms with Crippen molar-refractivity contribution in [1.82, 2.24) is 5.32 Å². The second-order valence-corrected chi connectivity index (χ2v) is 5.58. The van der Waals surface area contributed by atoms with Gasteiger partial charge in [-0.15, -0.1) is 0 Å². The first-order valence-corrected chi connectivity index (χ1v) is 8.09. The van der Waals surface area contributed by atoms with E-state index in [-0.39, 0.29) is 25.2 Å². The van der Waals surface area contributed by atoms with Gasteiger partial charge >= 0.3 is 0 Å². The zero-order valence-corrected chi connectivity index (χ0v) is 13.9. The summed E-state index contributed by atoms with van der Waals surface area (Å²) in [7, 11) is 0. The Labute approximate surface area is 142 Å². The van der Waals surface area contributed by atoms with Crippen molar-refractivity contribution in [3.05, 3.63) is 60.2 Å². The normalized spacial score (nSPS) is 11.8. The fraction of sp³-hybridized carbons (Fsp3) is 0.316. The standard InChI is InChI=1S/C19H24N2O3/c1-15(13-19(23)21-17-8-3-2-4-9-17)20-14-16-7-5-6-10-18(16)24-12-11-22/h2-10,15,20,22H,11-14H2,1H3,(H,21,23). The molecule has 0 aromatic heterocycles. The maximum atomic E-state index is 12.0. The predicted molar refractivity (Wildman–Crippen MR) is 95.0 cm³/mol. The van der Waals surface area contributed by atoms with Crippen LogP contribution in [0.5, 0.6) is 5.75 Å². The summed E-state index contributed by atoms with van der Waals surface area (Å²) in [6.07, 6.45) is 0.383. The fourth-order valence-electron chi connectivity index (χ4n) is 2.31. The van der Waals surface area contributed by atoms with Crippen molar-refractivity contribution in [2.45, 2.75) is 25.9 Å². The van der Waals surface area contributed by atoms with Crippen LogP contribution in [0.15, 0.2) is 54.6 Å². The van der Waals surface area contributed by atoms with Gasteiger partial charge in [0.15, 0.2) is 0 Å². The predicted octanol–water partition coefficient (Wildman–Crippen LogP) is 2.56. The van der Waals surface area contributed by atoms with Gasteiger partial charge in [-0.3, -0.25) is 4.79 Å². The molecule has 2 rings (SSSR count). The van der Waals surface area contributed by atoms with Gasteiger partial charge < -0.3 is 20.5 Å². The molecular weight excluding hydrogens is 304 g/mol. The molecule has 0 radical (unpaired) electrons. The molecule has 5 nitrogen and oxygen atoms in total. The van der Waals surface area contributed by atoms with E-state index in [0.29, 0.717) is 13.0 Å². The van der Waals surface area contributed by atoms with E-state index in [1.165, 1.54) is 0 Å². The first-order valence-electron chi connectivity index (χ1n) is 8.09. The number of nitrogens with one attached hydrogen (secondary N) is 2. The lowest BCUT2D eigenvalue weighted by Crippen LogP contribution is -2.30. The number of carbonyl (C=O) groups is 1. The molecule has 0 aliphatic heterocycles. The summed E-state index contributed by atoms with van der Waals surface area (Å²) >= 11 is 0. The van der Waals surface area contributed by atoms with E-state index < -0.39 is 0 Å². The minimum absolute atomic E-state index is 0.0160. The molecule has 0 saturated carbocycles. The molecule has 0 spiro atoms. The van der Waals surface area contributed by atoms with Gasteiger partial charge in [0.25, 0.3) is 0 Å². The number of amides is 1. The van der Waals surface area contributed by atoms with Gasteiger partial charge in [-0.05, 0) is 25.1 Å². The summed E-state index contributed by atoms with van der Waals surface area (Å²) in [6.45, 7) is 2.83. The quantitative estimate of drug-likeness (QED) is 0.662. The lowest BCUT2D eigenvalue weighted by molar-refractivity contribution is -0.116. The number of hydrogen-bond donors (Lipinski definition) is 3. The highest BCUT2D eigenvalue weighted by atomic mass is 16.5. The third-order valence-corrected chi connectivity index (χ3v) is 3.51. The first-order chi connectivity index (χ1) is 11.7. The van der Waals surface area contributed by atoms with Crippen molar-refractivity contribution in [3.63, 3.8) is 0 Å². The molecule has 128 valence electrons. The summed E-state index contributed by atoms with van der Waals surface area (Å²) in [5.74, 6) is 0.728. The van der Waals surface area contributed by atoms with Crippen LogP contribution >= 0.6 is 0 Å². The Bertz CT molecular complexity index is 632. The number of para-hydroxylation sites is 2. The minimum Gasteiger partial charge on any atom is -0.491 e. The minimum atomic E-state index is -0.0222. The van der Waals surface area contributed by atoms with Crippen molar-refractivity contribution >= 4 is 11.6 Å². The van der Waals surface area contributed by atoms with E-state index in [9.17, 15) is 4.79 Å². The molecule has 0 heterocycles. The maximum absolute atomic E-state index is 12.0. The summed E-state index contributed by atoms with van der Waals surface area (Å²) in [5, 5.41) is 15.1. The van der Waals surface area contributed by atoms with Crippen LogP contribution in [-0.4, -0.2) is 30.3 Å². The van der Waals surface area contributed by atoms with Crippen LogP contribution in [-0.2, 0) is 11.3 Å². The lowest BCUT2D eigenvalue weighted by atomic mass is 10.1. The average Bonchev–Trinajstić information content (AvgIpc) is 2.59. The third-order valence-electron chi connectivity index (χ3n) is 3.51. The largest absolute Gasteiger partial charge is 0.491 e. The zero-order valence-electron chi connectivity index (χ0n) is 13.9. The van der Waals surface area contributed by atoms with Crippen LogP contribution in [0.2, 0.25) is 0 Å². The Morgan fingerprint density at radius 3 is 2.58 bits per heavy atom. The summed E-state index contributed by atoms with van der Waals surface area (Å²) in [6, 6.07) is 17.1. The summed E-state index contributed by atoms with van der Waals surface area (Å²) in [4.78, 5) is 12.0. The number of aliphatic hydroxyl groups excluding tert-OH is 1. The van der Waals surface area contributed by atoms with Gasteiger partial charge in [0.2, 0.25) is 5.91 Å². The molecule has 0 fully saturated rings. The van der Waals surface area contributed by atoms with Crippen molar-refractivity contribution in [3.8, 4) is 5.75 Å². The molecule has 5 heteroatoms. The topological polar surface area (TPSA) is 70.6 Å². The van der Waals surface area contributed by atoms with Crippen LogP contribution in [0.1, 0.15) is 18.9 Å². The van der Waals surface area contributed by atoms with Crippen molar-refractivity contribution in [2.75, 3.05) is 18.5 Å². The van der Waals surface area contributed by atoms with Gasteiger partial charge in [-0.25, -0.2) is 0 Å². The molecule has 1 amide bonds. The summed E-state index contributed by atoms with van der Waals surface area (Å²) in [5.41, 5.74) is 1.80. The highest BCUT2D eigenvalue weighted by Gasteiger charge is 2.10. The number of carbonyl (C=O) groups excluding carboxylic acids is 1. The molecule has 2 aromatic rings. The van der Waals surface area contributed by atoms with Gasteiger partial charge in [0.1, 0.15) is 12.4 Å². The Kier molecular flexibility index (Phi) is 7.26. The van der Waals surface area contributed by atoms with E-state index in [2.05, 4.69) is 10.6 Å². The van der Waals surface area contributed by atoms with Crippen LogP contribution < -0.4 is 15.4 Å². The molecule has 1 atom stereocenters. The molecular formula is C19H24N2O3. The fourth-order valence-corrected chi connectivity index (χ4v) is 2.31. The van der Waals surface area contributed by atoms with E-state index in [1.54, 1.807) is 0 Å². The molecule has 0 aliphatic carbocycles. The van der Waals surface area contributed by atoms with Gasteiger partial charge in [0, 0.05) is 30.3 Å². The van der Waals surface area contributed by atoms with E-state index in [4.69, 9.17) is 9.84 Å². The molecule has 3 N–H and O–H groups in total. The van der Waals surface area contributed by atoms with Crippen LogP contribution in [0.25, 0.3) is 0 Å². The number of ether oxygens (including phenoxy) is 1. The Morgan fingerprint density at radius 2 is 1.83 bits per heavy atom. The van der Waals surface area contributed by atoms with Crippen LogP contribution in [0.4, 0.5) is 5.69 Å². The van der Waals surface area contributed by atoms with E-state index in [0.717, 1.165) is 17.0 Å². The molecule has 0 aliphatic rings. The second-order valence-electron chi connectivity index (χ2n) is 5.58. The Balaban J connectivity index is 1.80. The lowest BCUT2D eigenvalue weighted by Gasteiger charge is -2.16. The Morgan fingerprint density at radius 1 is 1.12 bits per heavy atom. The number of aliphatic hydroxyl groups is 1. The molecule has 0 saturated heterocycles. The van der Waals surface area contributed by atoms with Gasteiger partial charge in [-0.1, -0.05) is 36.4 Å². The van der Waals surface area contributed by atoms with E-state index >= 15 is 0 Å². The average molecular weight is 328 g/mol. The molecule has 1 unspecified atom stereocenters. The third kappa shape index (κ3) is 6.02. The second kappa shape index (κ2) is 9.70. The number of rotatable bonds is 9. The first kappa shape index (κ1) is 18.0. The SMILES string of the molecule is CC(CC(=O)Nc1ccccc1)NCc1ccccc1OCCO. The van der Waals surface area contributed by atoms with Crippen molar-refractivity contribution < 1.29 is 14.6 Å². The van der Waals surface area contributed by atoms with Gasteiger partial charge in [-0.2, -0.15) is 0 Å². The van der Waals surface area contributed by atoms with Crippen molar-refractivity contribution in [2.24, 2.45) is 0 Å².